The number of H-pyrrole nitrogens is 1. The summed E-state index contributed by atoms with van der Waals surface area (Å²) < 4.78 is 5.92. The Bertz CT molecular complexity index is 969. The van der Waals surface area contributed by atoms with Crippen LogP contribution in [0.2, 0.25) is 0 Å². The molecule has 1 aliphatic rings. The first-order chi connectivity index (χ1) is 12.9. The molecule has 1 aromatic heterocycles. The Balaban J connectivity index is 1.49. The third-order valence-corrected chi connectivity index (χ3v) is 5.35. The summed E-state index contributed by atoms with van der Waals surface area (Å²) in [5.74, 6) is 0.697. The van der Waals surface area contributed by atoms with Gasteiger partial charge >= 0.3 is 0 Å². The van der Waals surface area contributed by atoms with Crippen molar-refractivity contribution in [1.82, 2.24) is 4.98 Å². The third-order valence-electron chi connectivity index (χ3n) is 5.35. The quantitative estimate of drug-likeness (QED) is 0.636. The molecule has 3 aromatic rings. The van der Waals surface area contributed by atoms with E-state index >= 15 is 0 Å². The van der Waals surface area contributed by atoms with E-state index in [2.05, 4.69) is 41.5 Å². The Morgan fingerprint density at radius 1 is 1.26 bits per heavy atom. The van der Waals surface area contributed by atoms with E-state index in [9.17, 15) is 9.90 Å². The summed E-state index contributed by atoms with van der Waals surface area (Å²) in [4.78, 5) is 15.7. The van der Waals surface area contributed by atoms with Crippen LogP contribution in [0.25, 0.3) is 10.9 Å². The van der Waals surface area contributed by atoms with Crippen molar-refractivity contribution >= 4 is 22.5 Å². The number of amides is 1. The summed E-state index contributed by atoms with van der Waals surface area (Å²) in [5.41, 5.74) is 3.51. The lowest BCUT2D eigenvalue weighted by Crippen LogP contribution is -2.47. The van der Waals surface area contributed by atoms with Gasteiger partial charge in [0.15, 0.2) is 0 Å². The fraction of sp³-hybridized carbons (Fsp3) is 0.318. The molecule has 4 rings (SSSR count). The van der Waals surface area contributed by atoms with Gasteiger partial charge in [0.25, 0.3) is 0 Å². The highest BCUT2D eigenvalue weighted by Gasteiger charge is 2.45. The minimum absolute atomic E-state index is 0.0559. The number of aryl methyl sites for hydroxylation is 1. The number of benzene rings is 2. The number of nitrogens with one attached hydrogen (secondary N) is 2. The van der Waals surface area contributed by atoms with Gasteiger partial charge in [0.05, 0.1) is 17.2 Å². The molecule has 0 radical (unpaired) electrons. The first-order valence-electron chi connectivity index (χ1n) is 9.22. The summed E-state index contributed by atoms with van der Waals surface area (Å²) in [6, 6.07) is 14.1. The van der Waals surface area contributed by atoms with Crippen LogP contribution in [0.15, 0.2) is 48.7 Å². The van der Waals surface area contributed by atoms with Gasteiger partial charge in [-0.3, -0.25) is 4.79 Å². The van der Waals surface area contributed by atoms with Crippen molar-refractivity contribution in [1.29, 1.82) is 0 Å². The SMILES string of the molecule is Cc1ccc(COc2ccc3[nH]cc(NC(=O)[C@]4(C)C[C@H](O)C4)c3c2)cc1. The van der Waals surface area contributed by atoms with Crippen LogP contribution in [0, 0.1) is 12.3 Å². The van der Waals surface area contributed by atoms with Gasteiger partial charge in [-0.25, -0.2) is 0 Å². The summed E-state index contributed by atoms with van der Waals surface area (Å²) >= 11 is 0. The smallest absolute Gasteiger partial charge is 0.230 e. The van der Waals surface area contributed by atoms with Crippen LogP contribution in [0.3, 0.4) is 0 Å². The number of anilines is 1. The Morgan fingerprint density at radius 3 is 2.70 bits per heavy atom. The number of aliphatic hydroxyl groups is 1. The molecule has 5 nitrogen and oxygen atoms in total. The first kappa shape index (κ1) is 17.6. The minimum Gasteiger partial charge on any atom is -0.489 e. The number of hydrogen-bond acceptors (Lipinski definition) is 3. The predicted molar refractivity (Wildman–Crippen MR) is 106 cm³/mol. The Hall–Kier alpha value is -2.79. The first-order valence-corrected chi connectivity index (χ1v) is 9.22. The fourth-order valence-corrected chi connectivity index (χ4v) is 3.58. The lowest BCUT2D eigenvalue weighted by Gasteiger charge is -2.40. The minimum atomic E-state index is -0.497. The molecule has 0 aliphatic heterocycles. The van der Waals surface area contributed by atoms with E-state index in [1.807, 2.05) is 25.1 Å². The van der Waals surface area contributed by atoms with Gasteiger partial charge < -0.3 is 20.1 Å². The third kappa shape index (κ3) is 3.55. The van der Waals surface area contributed by atoms with Gasteiger partial charge in [0.2, 0.25) is 5.91 Å². The van der Waals surface area contributed by atoms with Gasteiger partial charge in [0, 0.05) is 17.1 Å². The molecule has 27 heavy (non-hydrogen) atoms. The molecule has 0 atom stereocenters. The second-order valence-corrected chi connectivity index (χ2v) is 7.76. The fourth-order valence-electron chi connectivity index (χ4n) is 3.58. The summed E-state index contributed by atoms with van der Waals surface area (Å²) in [5, 5.41) is 13.4. The standard InChI is InChI=1S/C22H24N2O3/c1-14-3-5-15(6-4-14)13-27-17-7-8-19-18(9-17)20(12-23-19)24-21(26)22(2)10-16(25)11-22/h3-9,12,16,23,25H,10-11,13H2,1-2H3,(H,24,26)/t16-,22+. The lowest BCUT2D eigenvalue weighted by atomic mass is 9.67. The van der Waals surface area contributed by atoms with Crippen LogP contribution < -0.4 is 10.1 Å². The molecule has 0 unspecified atom stereocenters. The molecule has 1 aliphatic carbocycles. The highest BCUT2D eigenvalue weighted by molar-refractivity contribution is 6.04. The van der Waals surface area contributed by atoms with Gasteiger partial charge in [-0.2, -0.15) is 0 Å². The molecular formula is C22H24N2O3. The second kappa shape index (κ2) is 6.74. The van der Waals surface area contributed by atoms with Crippen LogP contribution in [0.4, 0.5) is 5.69 Å². The second-order valence-electron chi connectivity index (χ2n) is 7.76. The van der Waals surface area contributed by atoms with E-state index in [1.165, 1.54) is 5.56 Å². The largest absolute Gasteiger partial charge is 0.489 e. The Morgan fingerprint density at radius 2 is 2.00 bits per heavy atom. The van der Waals surface area contributed by atoms with Crippen molar-refractivity contribution in [2.24, 2.45) is 5.41 Å². The van der Waals surface area contributed by atoms with Gasteiger partial charge in [-0.15, -0.1) is 0 Å². The molecule has 0 saturated heterocycles. The molecule has 1 saturated carbocycles. The molecule has 0 spiro atoms. The number of aromatic nitrogens is 1. The average molecular weight is 364 g/mol. The topological polar surface area (TPSA) is 74.3 Å². The normalized spacial score (nSPS) is 21.7. The molecule has 1 amide bonds. The number of fused-ring (bicyclic) bond motifs is 1. The zero-order valence-corrected chi connectivity index (χ0v) is 15.6. The number of carbonyl (C=O) groups is 1. The summed E-state index contributed by atoms with van der Waals surface area (Å²) in [6.07, 6.45) is 2.44. The van der Waals surface area contributed by atoms with Crippen molar-refractivity contribution in [2.45, 2.75) is 39.4 Å². The maximum absolute atomic E-state index is 12.6. The van der Waals surface area contributed by atoms with Gasteiger partial charge in [-0.1, -0.05) is 36.8 Å². The van der Waals surface area contributed by atoms with Crippen LogP contribution in [-0.2, 0) is 11.4 Å². The zero-order chi connectivity index (χ0) is 19.0. The number of ether oxygens (including phenoxy) is 1. The van der Waals surface area contributed by atoms with Gasteiger partial charge in [-0.05, 0) is 43.5 Å². The summed E-state index contributed by atoms with van der Waals surface area (Å²) in [6.45, 7) is 4.44. The highest BCUT2D eigenvalue weighted by Crippen LogP contribution is 2.42. The molecule has 1 heterocycles. The van der Waals surface area contributed by atoms with E-state index in [4.69, 9.17) is 4.74 Å². The zero-order valence-electron chi connectivity index (χ0n) is 15.6. The molecule has 0 bridgehead atoms. The predicted octanol–water partition coefficient (Wildman–Crippen LogP) is 4.15. The number of carbonyl (C=O) groups excluding carboxylic acids is 1. The lowest BCUT2D eigenvalue weighted by molar-refractivity contribution is -0.136. The Kier molecular flexibility index (Phi) is 4.40. The molecular weight excluding hydrogens is 340 g/mol. The van der Waals surface area contributed by atoms with Crippen LogP contribution in [0.5, 0.6) is 5.75 Å². The molecule has 2 aromatic carbocycles. The van der Waals surface area contributed by atoms with Crippen LogP contribution >= 0.6 is 0 Å². The number of hydrogen-bond donors (Lipinski definition) is 3. The monoisotopic (exact) mass is 364 g/mol. The maximum Gasteiger partial charge on any atom is 0.230 e. The average Bonchev–Trinajstić information content (AvgIpc) is 3.02. The van der Waals surface area contributed by atoms with Crippen molar-refractivity contribution < 1.29 is 14.6 Å². The van der Waals surface area contributed by atoms with Gasteiger partial charge in [0.1, 0.15) is 12.4 Å². The van der Waals surface area contributed by atoms with Crippen LogP contribution in [-0.4, -0.2) is 22.1 Å². The van der Waals surface area contributed by atoms with Crippen molar-refractivity contribution in [3.8, 4) is 5.75 Å². The number of aliphatic hydroxyl groups excluding tert-OH is 1. The van der Waals surface area contributed by atoms with E-state index < -0.39 is 5.41 Å². The molecule has 1 fully saturated rings. The maximum atomic E-state index is 12.6. The van der Waals surface area contributed by atoms with E-state index in [-0.39, 0.29) is 12.0 Å². The van der Waals surface area contributed by atoms with Crippen molar-refractivity contribution in [2.75, 3.05) is 5.32 Å². The van der Waals surface area contributed by atoms with E-state index in [0.717, 1.165) is 27.9 Å². The van der Waals surface area contributed by atoms with Crippen molar-refractivity contribution in [3.63, 3.8) is 0 Å². The van der Waals surface area contributed by atoms with E-state index in [0.29, 0.717) is 19.4 Å². The highest BCUT2D eigenvalue weighted by atomic mass is 16.5. The van der Waals surface area contributed by atoms with Crippen LogP contribution in [0.1, 0.15) is 30.9 Å². The molecule has 140 valence electrons. The number of rotatable bonds is 5. The number of aromatic amines is 1. The molecule has 3 N–H and O–H groups in total. The Labute approximate surface area is 158 Å². The summed E-state index contributed by atoms with van der Waals surface area (Å²) in [7, 11) is 0. The van der Waals surface area contributed by atoms with Crippen molar-refractivity contribution in [3.05, 3.63) is 59.8 Å². The van der Waals surface area contributed by atoms with E-state index in [1.54, 1.807) is 6.20 Å². The molecule has 5 heteroatoms.